The Kier molecular flexibility index (Phi) is 7.33. The lowest BCUT2D eigenvalue weighted by Gasteiger charge is -2.24. The average molecular weight is 509 g/mol. The molecule has 1 aromatic carbocycles. The zero-order chi connectivity index (χ0) is 25.2. The Morgan fingerprint density at radius 2 is 1.97 bits per heavy atom. The summed E-state index contributed by atoms with van der Waals surface area (Å²) in [6.07, 6.45) is -2.39. The minimum absolute atomic E-state index is 0.138. The molecule has 14 nitrogen and oxygen atoms in total. The van der Waals surface area contributed by atoms with Gasteiger partial charge in [0.1, 0.15) is 42.1 Å². The van der Waals surface area contributed by atoms with Crippen LogP contribution in [-0.2, 0) is 18.6 Å². The summed E-state index contributed by atoms with van der Waals surface area (Å²) >= 11 is 0. The molecule has 2 aromatic heterocycles. The number of hydrogen-bond acceptors (Lipinski definition) is 11. The molecule has 1 aliphatic rings. The highest BCUT2D eigenvalue weighted by molar-refractivity contribution is 7.52. The van der Waals surface area contributed by atoms with E-state index in [1.807, 2.05) is 5.48 Å². The molecule has 1 aliphatic heterocycles. The Morgan fingerprint density at radius 3 is 2.66 bits per heavy atom. The molecule has 6 N–H and O–H groups in total. The van der Waals surface area contributed by atoms with E-state index in [4.69, 9.17) is 13.8 Å². The first-order valence-corrected chi connectivity index (χ1v) is 12.0. The van der Waals surface area contributed by atoms with Gasteiger partial charge in [0.2, 0.25) is 0 Å². The van der Waals surface area contributed by atoms with Crippen molar-refractivity contribution >= 4 is 30.6 Å². The summed E-state index contributed by atoms with van der Waals surface area (Å²) in [6.45, 7) is 0.762. The first-order chi connectivity index (χ1) is 16.7. The number of nitrogens with one attached hydrogen (secondary N) is 2. The van der Waals surface area contributed by atoms with Crippen LogP contribution < -0.4 is 15.1 Å². The first kappa shape index (κ1) is 25.0. The lowest BCUT2D eigenvalue weighted by Crippen LogP contribution is -2.36. The second kappa shape index (κ2) is 10.3. The monoisotopic (exact) mass is 509 g/mol. The van der Waals surface area contributed by atoms with Crippen molar-refractivity contribution in [3.05, 3.63) is 48.9 Å². The summed E-state index contributed by atoms with van der Waals surface area (Å²) in [4.78, 5) is 19.3. The summed E-state index contributed by atoms with van der Waals surface area (Å²) in [5.74, 6) is -0.978. The summed E-state index contributed by atoms with van der Waals surface area (Å²) < 4.78 is 31.4. The predicted molar refractivity (Wildman–Crippen MR) is 120 cm³/mol. The SMILES string of the molecule is CC(NP(=O)(OC[C@H]1O[C@@H](n2ccc3c(NO)ncnc32)[C@H](O)[C@@H]1O)Oc1ccccc1)C(=O)O. The molecular weight excluding hydrogens is 485 g/mol. The van der Waals surface area contributed by atoms with Crippen LogP contribution in [-0.4, -0.2) is 72.0 Å². The topological polar surface area (TPSA) is 198 Å². The number of ether oxygens (including phenoxy) is 1. The molecule has 3 aromatic rings. The molecule has 0 aliphatic carbocycles. The number of hydrogen-bond donors (Lipinski definition) is 6. The van der Waals surface area contributed by atoms with E-state index in [0.717, 1.165) is 0 Å². The van der Waals surface area contributed by atoms with E-state index in [-0.39, 0.29) is 11.6 Å². The number of aromatic nitrogens is 3. The number of benzene rings is 1. The van der Waals surface area contributed by atoms with Crippen LogP contribution in [0, 0.1) is 0 Å². The summed E-state index contributed by atoms with van der Waals surface area (Å²) in [5.41, 5.74) is 2.26. The highest BCUT2D eigenvalue weighted by atomic mass is 31.2. The van der Waals surface area contributed by atoms with Crippen molar-refractivity contribution in [3.63, 3.8) is 0 Å². The lowest BCUT2D eigenvalue weighted by atomic mass is 10.1. The minimum Gasteiger partial charge on any atom is -0.480 e. The normalized spacial score (nSPS) is 24.7. The largest absolute Gasteiger partial charge is 0.480 e. The quantitative estimate of drug-likeness (QED) is 0.168. The van der Waals surface area contributed by atoms with Crippen LogP contribution in [0.4, 0.5) is 5.82 Å². The highest BCUT2D eigenvalue weighted by Crippen LogP contribution is 2.46. The number of para-hydroxylation sites is 1. The average Bonchev–Trinajstić information content (AvgIpc) is 3.39. The molecule has 6 atom stereocenters. The summed E-state index contributed by atoms with van der Waals surface area (Å²) in [5, 5.41) is 42.4. The summed E-state index contributed by atoms with van der Waals surface area (Å²) in [7, 11) is -4.25. The molecule has 0 radical (unpaired) electrons. The molecule has 0 saturated carbocycles. The van der Waals surface area contributed by atoms with E-state index >= 15 is 0 Å². The van der Waals surface area contributed by atoms with Crippen molar-refractivity contribution in [2.75, 3.05) is 12.1 Å². The van der Waals surface area contributed by atoms with Gasteiger partial charge in [0.05, 0.1) is 12.0 Å². The molecule has 0 spiro atoms. The Labute approximate surface area is 198 Å². The van der Waals surface area contributed by atoms with Gasteiger partial charge in [0.15, 0.2) is 12.0 Å². The fourth-order valence-electron chi connectivity index (χ4n) is 3.54. The molecule has 0 amide bonds. The van der Waals surface area contributed by atoms with Crippen LogP contribution in [0.5, 0.6) is 5.75 Å². The van der Waals surface area contributed by atoms with Gasteiger partial charge in [-0.05, 0) is 25.1 Å². The third-order valence-electron chi connectivity index (χ3n) is 5.33. The number of nitrogens with zero attached hydrogens (tertiary/aromatic N) is 3. The van der Waals surface area contributed by atoms with E-state index < -0.39 is 50.9 Å². The highest BCUT2D eigenvalue weighted by Gasteiger charge is 2.45. The van der Waals surface area contributed by atoms with Gasteiger partial charge in [-0.1, -0.05) is 18.2 Å². The third kappa shape index (κ3) is 5.28. The molecule has 15 heteroatoms. The van der Waals surface area contributed by atoms with Gasteiger partial charge in [0.25, 0.3) is 0 Å². The van der Waals surface area contributed by atoms with Crippen molar-refractivity contribution in [1.29, 1.82) is 0 Å². The van der Waals surface area contributed by atoms with Gasteiger partial charge in [-0.25, -0.2) is 14.5 Å². The van der Waals surface area contributed by atoms with Gasteiger partial charge in [-0.15, -0.1) is 0 Å². The number of fused-ring (bicyclic) bond motifs is 1. The van der Waals surface area contributed by atoms with Crippen LogP contribution >= 0.6 is 7.75 Å². The Hall–Kier alpha value is -3.10. The van der Waals surface area contributed by atoms with Gasteiger partial charge >= 0.3 is 13.7 Å². The maximum absolute atomic E-state index is 13.3. The van der Waals surface area contributed by atoms with Gasteiger partial charge < -0.3 is 29.1 Å². The van der Waals surface area contributed by atoms with E-state index in [0.29, 0.717) is 11.0 Å². The lowest BCUT2D eigenvalue weighted by molar-refractivity contribution is -0.138. The maximum Gasteiger partial charge on any atom is 0.459 e. The molecule has 1 fully saturated rings. The Morgan fingerprint density at radius 1 is 1.23 bits per heavy atom. The third-order valence-corrected chi connectivity index (χ3v) is 6.97. The fraction of sp³-hybridized carbons (Fsp3) is 0.350. The van der Waals surface area contributed by atoms with E-state index in [2.05, 4.69) is 15.1 Å². The van der Waals surface area contributed by atoms with Crippen molar-refractivity contribution in [2.45, 2.75) is 37.5 Å². The molecule has 1 saturated heterocycles. The minimum atomic E-state index is -4.25. The Bertz CT molecular complexity index is 1230. The molecular formula is C20H24N5O9P. The predicted octanol–water partition coefficient (Wildman–Crippen LogP) is 1.12. The van der Waals surface area contributed by atoms with Crippen LogP contribution in [0.25, 0.3) is 11.0 Å². The van der Waals surface area contributed by atoms with Crippen molar-refractivity contribution in [2.24, 2.45) is 0 Å². The van der Waals surface area contributed by atoms with Crippen LogP contribution in [0.15, 0.2) is 48.9 Å². The molecule has 4 rings (SSSR count). The molecule has 0 bridgehead atoms. The van der Waals surface area contributed by atoms with E-state index in [1.54, 1.807) is 24.3 Å². The standard InChI is InChI=1S/C20H24N5O9P/c1-11(20(28)29)24-35(31,34-12-5-3-2-4-6-12)32-9-14-15(26)16(27)19(33-14)25-8-7-13-17(23-30)21-10-22-18(13)25/h2-8,10-11,14-16,19,26-27,30H,9H2,1H3,(H,24,31)(H,28,29)(H,21,22,23)/t11?,14-,15-,16-,19-,35?/m1/s1. The maximum atomic E-state index is 13.3. The Balaban J connectivity index is 1.51. The van der Waals surface area contributed by atoms with Crippen molar-refractivity contribution < 1.29 is 43.7 Å². The zero-order valence-electron chi connectivity index (χ0n) is 18.3. The second-order valence-corrected chi connectivity index (χ2v) is 9.42. The second-order valence-electron chi connectivity index (χ2n) is 7.73. The van der Waals surface area contributed by atoms with E-state index in [9.17, 15) is 29.9 Å². The van der Waals surface area contributed by atoms with Gasteiger partial charge in [-0.2, -0.15) is 5.09 Å². The number of carboxylic acids is 1. The van der Waals surface area contributed by atoms with Crippen LogP contribution in [0.1, 0.15) is 13.2 Å². The number of anilines is 1. The number of rotatable bonds is 10. The smallest absolute Gasteiger partial charge is 0.459 e. The van der Waals surface area contributed by atoms with Crippen molar-refractivity contribution in [3.8, 4) is 5.75 Å². The van der Waals surface area contributed by atoms with Gasteiger partial charge in [-0.3, -0.25) is 20.0 Å². The zero-order valence-corrected chi connectivity index (χ0v) is 19.2. The number of aliphatic hydroxyl groups excluding tert-OH is 2. The van der Waals surface area contributed by atoms with Crippen LogP contribution in [0.2, 0.25) is 0 Å². The number of carboxylic acid groups (broad SMARTS) is 1. The number of aliphatic carboxylic acids is 1. The number of carbonyl (C=O) groups is 1. The number of aliphatic hydroxyl groups is 2. The molecule has 2 unspecified atom stereocenters. The molecule has 3 heterocycles. The fourth-order valence-corrected chi connectivity index (χ4v) is 5.04. The first-order valence-electron chi connectivity index (χ1n) is 10.5. The van der Waals surface area contributed by atoms with Gasteiger partial charge in [0, 0.05) is 6.20 Å². The van der Waals surface area contributed by atoms with E-state index in [1.165, 1.54) is 36.1 Å². The van der Waals surface area contributed by atoms with Crippen LogP contribution in [0.3, 0.4) is 0 Å². The molecule has 188 valence electrons. The molecule has 35 heavy (non-hydrogen) atoms. The summed E-state index contributed by atoms with van der Waals surface area (Å²) in [6, 6.07) is 8.31. The van der Waals surface area contributed by atoms with Crippen molar-refractivity contribution in [1.82, 2.24) is 19.6 Å².